The number of fused-ring (bicyclic) bond motifs is 2. The Morgan fingerprint density at radius 1 is 1.17 bits per heavy atom. The molecule has 1 amide bonds. The quantitative estimate of drug-likeness (QED) is 0.302. The Morgan fingerprint density at radius 2 is 1.95 bits per heavy atom. The van der Waals surface area contributed by atoms with E-state index in [9.17, 15) is 9.59 Å². The summed E-state index contributed by atoms with van der Waals surface area (Å²) in [7, 11) is 0. The summed E-state index contributed by atoms with van der Waals surface area (Å²) in [5.74, 6) is 0.658. The Kier molecular flexibility index (Phi) is 6.95. The molecular formula is C30H28Cl2N6O3. The summed E-state index contributed by atoms with van der Waals surface area (Å²) in [6, 6.07) is 8.86. The fraction of sp³-hybridized carbons (Fsp3) is 0.300. The van der Waals surface area contributed by atoms with Crippen molar-refractivity contribution < 1.29 is 9.53 Å². The summed E-state index contributed by atoms with van der Waals surface area (Å²) in [5, 5.41) is 1.25. The van der Waals surface area contributed by atoms with E-state index >= 15 is 0 Å². The molecule has 4 aromatic rings. The van der Waals surface area contributed by atoms with Crippen LogP contribution in [-0.2, 0) is 4.79 Å². The van der Waals surface area contributed by atoms with Crippen molar-refractivity contribution in [3.63, 3.8) is 0 Å². The van der Waals surface area contributed by atoms with Crippen molar-refractivity contribution in [2.75, 3.05) is 31.1 Å². The number of ether oxygens (including phenoxy) is 1. The van der Waals surface area contributed by atoms with Gasteiger partial charge in [-0.1, -0.05) is 61.8 Å². The van der Waals surface area contributed by atoms with Crippen LogP contribution in [0.4, 0.5) is 5.82 Å². The van der Waals surface area contributed by atoms with Crippen molar-refractivity contribution >= 4 is 46.0 Å². The molecule has 0 N–H and O–H groups in total. The number of halogens is 2. The smallest absolute Gasteiger partial charge is 0.355 e. The zero-order valence-corrected chi connectivity index (χ0v) is 24.4. The second-order valence-electron chi connectivity index (χ2n) is 10.5. The van der Waals surface area contributed by atoms with Crippen molar-refractivity contribution in [1.82, 2.24) is 24.4 Å². The SMILES string of the molecule is C=CC(=O)N1CCN2c3nc(=O)n(-c4c(C)ccnc4C(C)C)c4nc(-c5ccccc5Cl)c(Cl)c(c34)OC[C@@H]2C1. The first-order chi connectivity index (χ1) is 19.7. The van der Waals surface area contributed by atoms with Crippen molar-refractivity contribution in [1.29, 1.82) is 0 Å². The van der Waals surface area contributed by atoms with Gasteiger partial charge in [-0.3, -0.25) is 9.78 Å². The van der Waals surface area contributed by atoms with Gasteiger partial charge in [-0.2, -0.15) is 4.98 Å². The highest BCUT2D eigenvalue weighted by Gasteiger charge is 2.37. The molecule has 6 rings (SSSR count). The lowest BCUT2D eigenvalue weighted by Gasteiger charge is -2.40. The zero-order chi connectivity index (χ0) is 29.0. The minimum Gasteiger partial charge on any atom is -0.489 e. The molecule has 1 fully saturated rings. The van der Waals surface area contributed by atoms with Gasteiger partial charge in [-0.15, -0.1) is 0 Å². The normalized spacial score (nSPS) is 16.4. The molecule has 5 heterocycles. The van der Waals surface area contributed by atoms with Crippen molar-refractivity contribution in [2.24, 2.45) is 0 Å². The highest BCUT2D eigenvalue weighted by Crippen LogP contribution is 2.46. The molecule has 2 aliphatic heterocycles. The number of carbonyl (C=O) groups excluding carboxylic acids is 1. The molecule has 1 aromatic carbocycles. The van der Waals surface area contributed by atoms with E-state index in [1.165, 1.54) is 10.6 Å². The molecule has 0 saturated carbocycles. The summed E-state index contributed by atoms with van der Waals surface area (Å²) in [5.41, 5.74) is 3.06. The Bertz CT molecular complexity index is 1790. The third-order valence-electron chi connectivity index (χ3n) is 7.62. The number of nitrogens with zero attached hydrogens (tertiary/aromatic N) is 6. The van der Waals surface area contributed by atoms with Crippen LogP contribution in [0.25, 0.3) is 28.0 Å². The van der Waals surface area contributed by atoms with Crippen LogP contribution in [0.5, 0.6) is 5.75 Å². The lowest BCUT2D eigenvalue weighted by Crippen LogP contribution is -2.56. The van der Waals surface area contributed by atoms with Gasteiger partial charge < -0.3 is 14.5 Å². The van der Waals surface area contributed by atoms with Crippen LogP contribution < -0.4 is 15.3 Å². The van der Waals surface area contributed by atoms with Gasteiger partial charge in [0, 0.05) is 31.4 Å². The van der Waals surface area contributed by atoms with Crippen molar-refractivity contribution in [3.8, 4) is 22.7 Å². The van der Waals surface area contributed by atoms with Gasteiger partial charge in [0.1, 0.15) is 22.8 Å². The Morgan fingerprint density at radius 3 is 2.68 bits per heavy atom. The number of benzene rings is 1. The summed E-state index contributed by atoms with van der Waals surface area (Å²) in [4.78, 5) is 44.5. The van der Waals surface area contributed by atoms with Gasteiger partial charge in [-0.05, 0) is 36.6 Å². The minimum atomic E-state index is -0.498. The average molecular weight is 591 g/mol. The van der Waals surface area contributed by atoms with Crippen LogP contribution in [0.1, 0.15) is 31.0 Å². The molecule has 1 atom stereocenters. The molecule has 41 heavy (non-hydrogen) atoms. The monoisotopic (exact) mass is 590 g/mol. The number of amides is 1. The third kappa shape index (κ3) is 4.44. The largest absolute Gasteiger partial charge is 0.489 e. The number of rotatable bonds is 4. The number of aromatic nitrogens is 4. The predicted molar refractivity (Wildman–Crippen MR) is 161 cm³/mol. The Labute approximate surface area is 247 Å². The van der Waals surface area contributed by atoms with Gasteiger partial charge in [0.05, 0.1) is 28.1 Å². The third-order valence-corrected chi connectivity index (χ3v) is 8.30. The number of piperazine rings is 1. The van der Waals surface area contributed by atoms with Gasteiger partial charge in [-0.25, -0.2) is 14.3 Å². The molecule has 2 aliphatic rings. The van der Waals surface area contributed by atoms with Crippen LogP contribution >= 0.6 is 23.2 Å². The first kappa shape index (κ1) is 27.2. The molecule has 0 unspecified atom stereocenters. The van der Waals surface area contributed by atoms with E-state index in [0.717, 1.165) is 11.3 Å². The average Bonchev–Trinajstić information content (AvgIpc) is 3.12. The summed E-state index contributed by atoms with van der Waals surface area (Å²) in [6.45, 7) is 11.1. The summed E-state index contributed by atoms with van der Waals surface area (Å²) < 4.78 is 7.94. The topological polar surface area (TPSA) is 93.5 Å². The number of hydrogen-bond acceptors (Lipinski definition) is 7. The Balaban J connectivity index is 1.70. The fourth-order valence-electron chi connectivity index (χ4n) is 5.63. The first-order valence-corrected chi connectivity index (χ1v) is 14.1. The highest BCUT2D eigenvalue weighted by atomic mass is 35.5. The van der Waals surface area contributed by atoms with Crippen LogP contribution in [0.15, 0.2) is 54.0 Å². The number of pyridine rings is 2. The molecule has 9 nitrogen and oxygen atoms in total. The zero-order valence-electron chi connectivity index (χ0n) is 22.9. The maximum Gasteiger partial charge on any atom is 0.355 e. The van der Waals surface area contributed by atoms with Crippen molar-refractivity contribution in [3.05, 3.63) is 81.0 Å². The van der Waals surface area contributed by atoms with E-state index in [4.69, 9.17) is 32.9 Å². The standard InChI is InChI=1S/C30H28Cl2N6O3/c1-5-21(39)36-12-13-37-18(14-36)15-41-27-22-28(37)35-30(40)38(26-17(4)10-11-33-24(26)16(2)3)29(22)34-25(23(27)32)19-8-6-7-9-20(19)31/h5-11,16,18H,1,12-15H2,2-4H3/t18-/m0/s1. The number of anilines is 1. The summed E-state index contributed by atoms with van der Waals surface area (Å²) in [6.07, 6.45) is 3.04. The molecule has 11 heteroatoms. The van der Waals surface area contributed by atoms with E-state index in [0.29, 0.717) is 64.2 Å². The molecule has 0 aliphatic carbocycles. The van der Waals surface area contributed by atoms with Gasteiger partial charge in [0.15, 0.2) is 11.4 Å². The van der Waals surface area contributed by atoms with Crippen LogP contribution in [0, 0.1) is 6.92 Å². The van der Waals surface area contributed by atoms with Crippen LogP contribution in [-0.4, -0.2) is 62.6 Å². The van der Waals surface area contributed by atoms with E-state index in [1.54, 1.807) is 17.2 Å². The van der Waals surface area contributed by atoms with Crippen LogP contribution in [0.2, 0.25) is 10.0 Å². The predicted octanol–water partition coefficient (Wildman–Crippen LogP) is 5.18. The number of carbonyl (C=O) groups is 1. The second-order valence-corrected chi connectivity index (χ2v) is 11.3. The molecule has 0 bridgehead atoms. The van der Waals surface area contributed by atoms with E-state index in [1.807, 2.05) is 49.9 Å². The maximum absolute atomic E-state index is 14.1. The lowest BCUT2D eigenvalue weighted by molar-refractivity contribution is -0.126. The first-order valence-electron chi connectivity index (χ1n) is 13.4. The van der Waals surface area contributed by atoms with Gasteiger partial charge in [0.25, 0.3) is 0 Å². The number of hydrogen-bond donors (Lipinski definition) is 0. The van der Waals surface area contributed by atoms with E-state index in [2.05, 4.69) is 16.5 Å². The minimum absolute atomic E-state index is 0.0214. The van der Waals surface area contributed by atoms with Crippen LogP contribution in [0.3, 0.4) is 0 Å². The van der Waals surface area contributed by atoms with Gasteiger partial charge >= 0.3 is 5.69 Å². The van der Waals surface area contributed by atoms with Crippen molar-refractivity contribution in [2.45, 2.75) is 32.7 Å². The maximum atomic E-state index is 14.1. The van der Waals surface area contributed by atoms with E-state index in [-0.39, 0.29) is 29.5 Å². The molecule has 0 spiro atoms. The van der Waals surface area contributed by atoms with E-state index < -0.39 is 5.69 Å². The molecule has 210 valence electrons. The number of aryl methyl sites for hydroxylation is 1. The Hall–Kier alpha value is -3.95. The molecular weight excluding hydrogens is 563 g/mol. The second kappa shape index (κ2) is 10.5. The lowest BCUT2D eigenvalue weighted by atomic mass is 10.0. The fourth-order valence-corrected chi connectivity index (χ4v) is 6.15. The summed E-state index contributed by atoms with van der Waals surface area (Å²) >= 11 is 13.7. The molecule has 3 aromatic heterocycles. The highest BCUT2D eigenvalue weighted by molar-refractivity contribution is 6.38. The van der Waals surface area contributed by atoms with Gasteiger partial charge in [0.2, 0.25) is 5.91 Å². The molecule has 0 radical (unpaired) electrons. The molecule has 1 saturated heterocycles.